The quantitative estimate of drug-likeness (QED) is 0.675. The third kappa shape index (κ3) is 3.05. The van der Waals surface area contributed by atoms with Crippen LogP contribution in [0.1, 0.15) is 18.1 Å². The van der Waals surface area contributed by atoms with E-state index in [0.29, 0.717) is 18.2 Å². The highest BCUT2D eigenvalue weighted by Gasteiger charge is 2.31. The molecule has 0 bridgehead atoms. The molecule has 1 aliphatic rings. The summed E-state index contributed by atoms with van der Waals surface area (Å²) in [5, 5.41) is 5.33. The fourth-order valence-corrected chi connectivity index (χ4v) is 2.15. The Labute approximate surface area is 117 Å². The first kappa shape index (κ1) is 13.8. The number of nitrogens with one attached hydrogen (secondary N) is 1. The van der Waals surface area contributed by atoms with Crippen LogP contribution in [0.5, 0.6) is 0 Å². The van der Waals surface area contributed by atoms with E-state index in [4.69, 9.17) is 16.4 Å². The van der Waals surface area contributed by atoms with Crippen LogP contribution in [0.4, 0.5) is 0 Å². The minimum atomic E-state index is -0.168. The van der Waals surface area contributed by atoms with Crippen molar-refractivity contribution in [2.45, 2.75) is 25.5 Å². The van der Waals surface area contributed by atoms with E-state index in [0.717, 1.165) is 11.1 Å². The Hall–Kier alpha value is -1.59. The maximum absolute atomic E-state index is 11.7. The van der Waals surface area contributed by atoms with Gasteiger partial charge in [0.15, 0.2) is 5.71 Å². The first-order valence-electron chi connectivity index (χ1n) is 6.00. The van der Waals surface area contributed by atoms with Crippen molar-refractivity contribution in [3.8, 4) is 0 Å². The van der Waals surface area contributed by atoms with E-state index >= 15 is 0 Å². The van der Waals surface area contributed by atoms with Crippen molar-refractivity contribution < 1.29 is 9.63 Å². The molecule has 1 aromatic carbocycles. The first-order chi connectivity index (χ1) is 9.13. The second kappa shape index (κ2) is 6.04. The number of oxime groups is 1. The average Bonchev–Trinajstić information content (AvgIpc) is 2.65. The Kier molecular flexibility index (Phi) is 4.39. The molecule has 6 heteroatoms. The van der Waals surface area contributed by atoms with Gasteiger partial charge < -0.3 is 4.84 Å². The third-order valence-electron chi connectivity index (χ3n) is 2.97. The lowest BCUT2D eigenvalue weighted by Gasteiger charge is -2.06. The predicted octanol–water partition coefficient (Wildman–Crippen LogP) is 1.66. The Morgan fingerprint density at radius 2 is 2.11 bits per heavy atom. The summed E-state index contributed by atoms with van der Waals surface area (Å²) in [6, 6.07) is 7.58. The van der Waals surface area contributed by atoms with Crippen LogP contribution in [0.15, 0.2) is 29.4 Å². The topological polar surface area (TPSA) is 53.9 Å². The Bertz CT molecular complexity index is 504. The van der Waals surface area contributed by atoms with E-state index in [1.807, 2.05) is 31.2 Å². The molecule has 1 unspecified atom stereocenters. The molecule has 102 valence electrons. The summed E-state index contributed by atoms with van der Waals surface area (Å²) in [6.45, 7) is 2.16. The van der Waals surface area contributed by atoms with Gasteiger partial charge >= 0.3 is 0 Å². The molecule has 2 rings (SSSR count). The highest BCUT2D eigenvalue weighted by Crippen LogP contribution is 2.13. The molecule has 0 radical (unpaired) electrons. The van der Waals surface area contributed by atoms with Crippen LogP contribution in [0.25, 0.3) is 0 Å². The summed E-state index contributed by atoms with van der Waals surface area (Å²) in [5.41, 5.74) is 5.30. The van der Waals surface area contributed by atoms with Gasteiger partial charge in [-0.25, -0.2) is 5.43 Å². The largest absolute Gasteiger partial charge is 0.390 e. The molecule has 1 atom stereocenters. The number of amides is 1. The molecular weight excluding hydrogens is 266 g/mol. The minimum absolute atomic E-state index is 0.138. The lowest BCUT2D eigenvalue weighted by atomic mass is 10.1. The summed E-state index contributed by atoms with van der Waals surface area (Å²) in [6.07, 6.45) is 0. The van der Waals surface area contributed by atoms with Gasteiger partial charge in [-0.1, -0.05) is 29.4 Å². The zero-order chi connectivity index (χ0) is 13.8. The number of benzene rings is 1. The molecule has 1 N–H and O–H groups in total. The lowest BCUT2D eigenvalue weighted by Crippen LogP contribution is -2.32. The van der Waals surface area contributed by atoms with E-state index in [-0.39, 0.29) is 11.9 Å². The van der Waals surface area contributed by atoms with Crippen LogP contribution in [0.3, 0.4) is 0 Å². The highest BCUT2D eigenvalue weighted by atomic mass is 35.5. The van der Waals surface area contributed by atoms with Gasteiger partial charge in [-0.15, -0.1) is 11.6 Å². The van der Waals surface area contributed by atoms with Gasteiger partial charge in [0.2, 0.25) is 0 Å². The second-order valence-corrected chi connectivity index (χ2v) is 4.63. The van der Waals surface area contributed by atoms with Crippen molar-refractivity contribution in [2.24, 2.45) is 5.16 Å². The maximum atomic E-state index is 11.7. The van der Waals surface area contributed by atoms with Gasteiger partial charge in [-0.2, -0.15) is 0 Å². The second-order valence-electron chi connectivity index (χ2n) is 4.37. The van der Waals surface area contributed by atoms with E-state index < -0.39 is 0 Å². The minimum Gasteiger partial charge on any atom is -0.390 e. The van der Waals surface area contributed by atoms with Crippen LogP contribution in [0, 0.1) is 0 Å². The summed E-state index contributed by atoms with van der Waals surface area (Å²) in [7, 11) is 1.66. The van der Waals surface area contributed by atoms with Crippen molar-refractivity contribution in [2.75, 3.05) is 7.05 Å². The zero-order valence-electron chi connectivity index (χ0n) is 10.9. The van der Waals surface area contributed by atoms with E-state index in [2.05, 4.69) is 10.6 Å². The maximum Gasteiger partial charge on any atom is 0.287 e. The number of carbonyl (C=O) groups excluding carboxylic acids is 1. The van der Waals surface area contributed by atoms with Gasteiger partial charge in [0.05, 0.1) is 6.04 Å². The molecule has 1 saturated heterocycles. The standard InChI is InChI=1S/C13H16ClN3O2/c1-9-12(13(18)17(2)15-9)16-19-8-11-6-4-3-5-10(11)7-14/h3-6,9,15H,7-8H2,1-2H3. The van der Waals surface area contributed by atoms with E-state index in [9.17, 15) is 4.79 Å². The summed E-state index contributed by atoms with van der Waals surface area (Å²) in [5.74, 6) is 0.258. The molecule has 1 fully saturated rings. The molecule has 1 amide bonds. The Morgan fingerprint density at radius 1 is 1.42 bits per heavy atom. The van der Waals surface area contributed by atoms with E-state index in [1.54, 1.807) is 7.05 Å². The highest BCUT2D eigenvalue weighted by molar-refractivity contribution is 6.41. The molecule has 19 heavy (non-hydrogen) atoms. The zero-order valence-corrected chi connectivity index (χ0v) is 11.6. The van der Waals surface area contributed by atoms with Crippen LogP contribution >= 0.6 is 11.6 Å². The first-order valence-corrected chi connectivity index (χ1v) is 6.53. The fourth-order valence-electron chi connectivity index (χ4n) is 1.89. The molecule has 0 aromatic heterocycles. The normalized spacial score (nSPS) is 21.2. The number of hydrazine groups is 1. The van der Waals surface area contributed by atoms with Crippen LogP contribution in [-0.2, 0) is 22.1 Å². The molecule has 1 aromatic rings. The number of hydrogen-bond donors (Lipinski definition) is 1. The summed E-state index contributed by atoms with van der Waals surface area (Å²) < 4.78 is 0. The molecule has 0 aliphatic carbocycles. The van der Waals surface area contributed by atoms with Gasteiger partial charge in [-0.3, -0.25) is 9.80 Å². The van der Waals surface area contributed by atoms with Crippen LogP contribution in [0.2, 0.25) is 0 Å². The fraction of sp³-hybridized carbons (Fsp3) is 0.385. The van der Waals surface area contributed by atoms with Crippen molar-refractivity contribution in [1.82, 2.24) is 10.4 Å². The SMILES string of the molecule is CC1NN(C)C(=O)C1=NOCc1ccccc1CCl. The van der Waals surface area contributed by atoms with Gasteiger partial charge in [-0.05, 0) is 18.1 Å². The van der Waals surface area contributed by atoms with Crippen molar-refractivity contribution >= 4 is 23.2 Å². The predicted molar refractivity (Wildman–Crippen MR) is 73.6 cm³/mol. The number of halogens is 1. The molecule has 5 nitrogen and oxygen atoms in total. The smallest absolute Gasteiger partial charge is 0.287 e. The number of alkyl halides is 1. The molecule has 0 spiro atoms. The number of rotatable bonds is 4. The molecular formula is C13H16ClN3O2. The van der Waals surface area contributed by atoms with Gasteiger partial charge in [0.25, 0.3) is 5.91 Å². The molecule has 1 heterocycles. The number of carbonyl (C=O) groups is 1. The lowest BCUT2D eigenvalue weighted by molar-refractivity contribution is -0.123. The number of hydrogen-bond acceptors (Lipinski definition) is 4. The van der Waals surface area contributed by atoms with Gasteiger partial charge in [0.1, 0.15) is 6.61 Å². The molecule has 1 aliphatic heterocycles. The van der Waals surface area contributed by atoms with Gasteiger partial charge in [0, 0.05) is 12.9 Å². The monoisotopic (exact) mass is 281 g/mol. The van der Waals surface area contributed by atoms with Crippen LogP contribution < -0.4 is 5.43 Å². The molecule has 0 saturated carbocycles. The Balaban J connectivity index is 2.02. The van der Waals surface area contributed by atoms with Crippen LogP contribution in [-0.4, -0.2) is 29.7 Å². The van der Waals surface area contributed by atoms with Crippen molar-refractivity contribution in [3.63, 3.8) is 0 Å². The summed E-state index contributed by atoms with van der Waals surface area (Å²) >= 11 is 5.84. The third-order valence-corrected chi connectivity index (χ3v) is 3.25. The number of nitrogens with zero attached hydrogens (tertiary/aromatic N) is 2. The van der Waals surface area contributed by atoms with Crippen molar-refractivity contribution in [1.29, 1.82) is 0 Å². The van der Waals surface area contributed by atoms with E-state index in [1.165, 1.54) is 5.01 Å². The summed E-state index contributed by atoms with van der Waals surface area (Å²) in [4.78, 5) is 17.0. The average molecular weight is 282 g/mol. The Morgan fingerprint density at radius 3 is 2.68 bits per heavy atom. The van der Waals surface area contributed by atoms with Crippen molar-refractivity contribution in [3.05, 3.63) is 35.4 Å².